The Morgan fingerprint density at radius 3 is 2.44 bits per heavy atom. The van der Waals surface area contributed by atoms with E-state index in [2.05, 4.69) is 25.4 Å². The fourth-order valence-electron chi connectivity index (χ4n) is 3.21. The Kier molecular flexibility index (Phi) is 4.37. The summed E-state index contributed by atoms with van der Waals surface area (Å²) in [5.41, 5.74) is 1.62. The van der Waals surface area contributed by atoms with E-state index in [1.807, 2.05) is 23.0 Å². The fourth-order valence-corrected chi connectivity index (χ4v) is 3.21. The first-order valence-electron chi connectivity index (χ1n) is 8.47. The van der Waals surface area contributed by atoms with Gasteiger partial charge in [-0.3, -0.25) is 4.68 Å². The van der Waals surface area contributed by atoms with Gasteiger partial charge in [-0.1, -0.05) is 5.21 Å². The number of anilines is 1. The number of piperidine rings is 1. The van der Waals surface area contributed by atoms with Crippen LogP contribution in [0.3, 0.4) is 0 Å². The molecule has 3 aromatic rings. The third-order valence-electron chi connectivity index (χ3n) is 4.65. The van der Waals surface area contributed by atoms with Crippen molar-refractivity contribution in [3.8, 4) is 11.3 Å². The Labute approximate surface area is 145 Å². The molecule has 0 bridgehead atoms. The van der Waals surface area contributed by atoms with Crippen molar-refractivity contribution in [3.05, 3.63) is 54.6 Å². The van der Waals surface area contributed by atoms with Crippen LogP contribution in [-0.4, -0.2) is 38.3 Å². The highest BCUT2D eigenvalue weighted by atomic mass is 19.1. The Balaban J connectivity index is 1.37. The topological polar surface area (TPSA) is 59.7 Å². The molecule has 0 saturated carbocycles. The number of nitrogens with zero attached hydrogens (tertiary/aromatic N) is 6. The molecule has 128 valence electrons. The van der Waals surface area contributed by atoms with Gasteiger partial charge in [-0.05, 0) is 55.2 Å². The van der Waals surface area contributed by atoms with Gasteiger partial charge in [-0.15, -0.1) is 15.3 Å². The van der Waals surface area contributed by atoms with Crippen LogP contribution in [0.5, 0.6) is 0 Å². The maximum Gasteiger partial charge on any atom is 0.151 e. The minimum atomic E-state index is -0.248. The minimum absolute atomic E-state index is 0.248. The molecule has 0 unspecified atom stereocenters. The number of benzene rings is 1. The SMILES string of the molecule is Fc1ccc(-c2ccc(N3CCC(Cn4ccnn4)CC3)nn2)cc1. The number of halogens is 1. The van der Waals surface area contributed by atoms with Gasteiger partial charge < -0.3 is 4.90 Å². The molecule has 1 saturated heterocycles. The fraction of sp³-hybridized carbons (Fsp3) is 0.333. The molecule has 1 aromatic carbocycles. The van der Waals surface area contributed by atoms with Gasteiger partial charge in [0.05, 0.1) is 11.9 Å². The van der Waals surface area contributed by atoms with Crippen LogP contribution in [0.1, 0.15) is 12.8 Å². The number of hydrogen-bond acceptors (Lipinski definition) is 5. The third-order valence-corrected chi connectivity index (χ3v) is 4.65. The van der Waals surface area contributed by atoms with E-state index in [1.54, 1.807) is 18.3 Å². The molecule has 1 fully saturated rings. The molecule has 3 heterocycles. The molecule has 1 aliphatic heterocycles. The summed E-state index contributed by atoms with van der Waals surface area (Å²) in [5, 5.41) is 16.5. The van der Waals surface area contributed by atoms with Crippen LogP contribution in [0.15, 0.2) is 48.8 Å². The van der Waals surface area contributed by atoms with Crippen molar-refractivity contribution in [2.24, 2.45) is 5.92 Å². The zero-order valence-corrected chi connectivity index (χ0v) is 13.8. The van der Waals surface area contributed by atoms with Gasteiger partial charge in [0.15, 0.2) is 5.82 Å². The van der Waals surface area contributed by atoms with E-state index < -0.39 is 0 Å². The summed E-state index contributed by atoms with van der Waals surface area (Å²) in [4.78, 5) is 2.26. The number of rotatable bonds is 4. The quantitative estimate of drug-likeness (QED) is 0.732. The van der Waals surface area contributed by atoms with E-state index in [4.69, 9.17) is 0 Å². The van der Waals surface area contributed by atoms with Gasteiger partial charge in [0.25, 0.3) is 0 Å². The van der Waals surface area contributed by atoms with Gasteiger partial charge in [-0.25, -0.2) is 4.39 Å². The minimum Gasteiger partial charge on any atom is -0.355 e. The Bertz CT molecular complexity index is 793. The highest BCUT2D eigenvalue weighted by Gasteiger charge is 2.21. The summed E-state index contributed by atoms with van der Waals surface area (Å²) in [6, 6.07) is 10.2. The van der Waals surface area contributed by atoms with E-state index in [0.717, 1.165) is 49.6 Å². The van der Waals surface area contributed by atoms with Crippen molar-refractivity contribution < 1.29 is 4.39 Å². The van der Waals surface area contributed by atoms with Crippen LogP contribution in [-0.2, 0) is 6.54 Å². The summed E-state index contributed by atoms with van der Waals surface area (Å²) in [5.74, 6) is 1.26. The molecule has 0 radical (unpaired) electrons. The van der Waals surface area contributed by atoms with Gasteiger partial charge in [-0.2, -0.15) is 0 Å². The Morgan fingerprint density at radius 1 is 1.00 bits per heavy atom. The average molecular weight is 338 g/mol. The van der Waals surface area contributed by atoms with Crippen LogP contribution in [0.2, 0.25) is 0 Å². The average Bonchev–Trinajstić information content (AvgIpc) is 3.16. The predicted octanol–water partition coefficient (Wildman–Crippen LogP) is 2.79. The summed E-state index contributed by atoms with van der Waals surface area (Å²) in [7, 11) is 0. The van der Waals surface area contributed by atoms with Crippen molar-refractivity contribution in [2.75, 3.05) is 18.0 Å². The largest absolute Gasteiger partial charge is 0.355 e. The van der Waals surface area contributed by atoms with Gasteiger partial charge in [0.2, 0.25) is 0 Å². The predicted molar refractivity (Wildman–Crippen MR) is 92.4 cm³/mol. The highest BCUT2D eigenvalue weighted by Crippen LogP contribution is 2.24. The van der Waals surface area contributed by atoms with Gasteiger partial charge in [0.1, 0.15) is 5.82 Å². The first-order valence-corrected chi connectivity index (χ1v) is 8.47. The van der Waals surface area contributed by atoms with Gasteiger partial charge in [0, 0.05) is 31.4 Å². The van der Waals surface area contributed by atoms with E-state index in [0.29, 0.717) is 5.92 Å². The Hall–Kier alpha value is -2.83. The normalized spacial score (nSPS) is 15.5. The smallest absolute Gasteiger partial charge is 0.151 e. The maximum atomic E-state index is 13.0. The summed E-state index contributed by atoms with van der Waals surface area (Å²) < 4.78 is 14.9. The molecular formula is C18H19FN6. The van der Waals surface area contributed by atoms with Crippen LogP contribution in [0.4, 0.5) is 10.2 Å². The monoisotopic (exact) mass is 338 g/mol. The van der Waals surface area contributed by atoms with Crippen molar-refractivity contribution in [1.82, 2.24) is 25.2 Å². The molecule has 0 N–H and O–H groups in total. The standard InChI is InChI=1S/C18H19FN6/c19-16-3-1-15(2-4-16)17-5-6-18(22-21-17)24-10-7-14(8-11-24)13-25-12-9-20-23-25/h1-6,9,12,14H,7-8,10-11,13H2. The lowest BCUT2D eigenvalue weighted by atomic mass is 9.97. The van der Waals surface area contributed by atoms with Crippen molar-refractivity contribution in [1.29, 1.82) is 0 Å². The second-order valence-corrected chi connectivity index (χ2v) is 6.34. The van der Waals surface area contributed by atoms with E-state index in [1.165, 1.54) is 12.1 Å². The molecule has 0 aliphatic carbocycles. The molecule has 25 heavy (non-hydrogen) atoms. The van der Waals surface area contributed by atoms with Crippen molar-refractivity contribution >= 4 is 5.82 Å². The van der Waals surface area contributed by atoms with Crippen LogP contribution >= 0.6 is 0 Å². The molecular weight excluding hydrogens is 319 g/mol. The summed E-state index contributed by atoms with van der Waals surface area (Å²) in [6.07, 6.45) is 5.82. The lowest BCUT2D eigenvalue weighted by molar-refractivity contribution is 0.338. The van der Waals surface area contributed by atoms with E-state index >= 15 is 0 Å². The second kappa shape index (κ2) is 6.96. The summed E-state index contributed by atoms with van der Waals surface area (Å²) in [6.45, 7) is 2.84. The highest BCUT2D eigenvalue weighted by molar-refractivity contribution is 5.59. The number of aromatic nitrogens is 5. The van der Waals surface area contributed by atoms with E-state index in [-0.39, 0.29) is 5.82 Å². The molecule has 0 amide bonds. The van der Waals surface area contributed by atoms with Crippen molar-refractivity contribution in [2.45, 2.75) is 19.4 Å². The molecule has 0 atom stereocenters. The maximum absolute atomic E-state index is 13.0. The van der Waals surface area contributed by atoms with Crippen LogP contribution < -0.4 is 4.90 Å². The second-order valence-electron chi connectivity index (χ2n) is 6.34. The Morgan fingerprint density at radius 2 is 1.80 bits per heavy atom. The molecule has 0 spiro atoms. The molecule has 4 rings (SSSR count). The summed E-state index contributed by atoms with van der Waals surface area (Å²) >= 11 is 0. The lowest BCUT2D eigenvalue weighted by Crippen LogP contribution is -2.35. The first-order chi connectivity index (χ1) is 12.3. The molecule has 6 nitrogen and oxygen atoms in total. The van der Waals surface area contributed by atoms with Crippen molar-refractivity contribution in [3.63, 3.8) is 0 Å². The molecule has 7 heteroatoms. The zero-order chi connectivity index (χ0) is 17.1. The molecule has 1 aliphatic rings. The number of hydrogen-bond donors (Lipinski definition) is 0. The molecule has 2 aromatic heterocycles. The van der Waals surface area contributed by atoms with Crippen LogP contribution in [0.25, 0.3) is 11.3 Å². The first kappa shape index (κ1) is 15.7. The van der Waals surface area contributed by atoms with Crippen LogP contribution in [0, 0.1) is 11.7 Å². The lowest BCUT2D eigenvalue weighted by Gasteiger charge is -2.32. The zero-order valence-electron chi connectivity index (χ0n) is 13.8. The van der Waals surface area contributed by atoms with Gasteiger partial charge >= 0.3 is 0 Å². The third kappa shape index (κ3) is 3.65. The van der Waals surface area contributed by atoms with E-state index in [9.17, 15) is 4.39 Å².